The van der Waals surface area contributed by atoms with Crippen molar-refractivity contribution < 1.29 is 35.0 Å². The number of fused-ring (bicyclic) bond motifs is 1. The molecule has 0 atom stereocenters. The Balaban J connectivity index is 1.29. The van der Waals surface area contributed by atoms with E-state index in [4.69, 9.17) is 7.48 Å². The van der Waals surface area contributed by atoms with Gasteiger partial charge in [0.1, 0.15) is 11.3 Å². The van der Waals surface area contributed by atoms with Crippen LogP contribution in [0.2, 0.25) is 0 Å². The number of aromatic nitrogens is 3. The molecule has 2 amide bonds. The van der Waals surface area contributed by atoms with Crippen molar-refractivity contribution in [2.24, 2.45) is 0 Å². The van der Waals surface area contributed by atoms with E-state index in [9.17, 15) is 22.8 Å². The Kier molecular flexibility index (Phi) is 8.03. The van der Waals surface area contributed by atoms with E-state index < -0.39 is 25.0 Å². The second kappa shape index (κ2) is 12.7. The van der Waals surface area contributed by atoms with Crippen molar-refractivity contribution in [3.8, 4) is 22.8 Å². The molecule has 2 heterocycles. The number of hydrogen-bond acceptors (Lipinski definition) is 7. The van der Waals surface area contributed by atoms with Gasteiger partial charge in [0.05, 0.1) is 12.6 Å². The van der Waals surface area contributed by atoms with Gasteiger partial charge in [-0.05, 0) is 62.5 Å². The molecule has 4 N–H and O–H groups in total. The molecular formula is C30H31F3N6O4. The van der Waals surface area contributed by atoms with Gasteiger partial charge in [0.25, 0.3) is 11.8 Å². The number of nitrogens with zero attached hydrogens (tertiary/aromatic N) is 2. The molecule has 0 spiro atoms. The Morgan fingerprint density at radius 2 is 1.81 bits per heavy atom. The molecule has 5 rings (SSSR count). The van der Waals surface area contributed by atoms with Crippen molar-refractivity contribution in [1.82, 2.24) is 31.1 Å². The highest BCUT2D eigenvalue weighted by Crippen LogP contribution is 2.29. The molecule has 1 aliphatic carbocycles. The van der Waals surface area contributed by atoms with E-state index in [1.165, 1.54) is 31.5 Å². The van der Waals surface area contributed by atoms with E-state index in [-0.39, 0.29) is 47.2 Å². The number of aromatic amines is 1. The second-order valence-corrected chi connectivity index (χ2v) is 10.1. The van der Waals surface area contributed by atoms with E-state index in [1.807, 2.05) is 0 Å². The van der Waals surface area contributed by atoms with Crippen LogP contribution in [0.4, 0.5) is 13.2 Å². The molecule has 1 fully saturated rings. The van der Waals surface area contributed by atoms with Gasteiger partial charge < -0.3 is 25.4 Å². The standard InChI is InChI=1S/C30H31F3N6O4/c1-34-20-8-10-21(11-9-20)37-28(41)26-22-12-7-17(14-24(22)38-39-26)19-13-23(29(42-2)36-16-19)27(40)35-15-18-5-3-4-6-25(18)43-30(31,32)33/h3-7,12-14,16,20-21,34H,8-11,15H2,1-2H3,(H,35,40)(H,37,41)(H,38,39)/i1D2. The average Bonchev–Trinajstić information content (AvgIpc) is 3.44. The zero-order valence-electron chi connectivity index (χ0n) is 25.1. The molecular weight excluding hydrogens is 565 g/mol. The summed E-state index contributed by atoms with van der Waals surface area (Å²) in [5.74, 6) is -1.31. The first kappa shape index (κ1) is 27.2. The van der Waals surface area contributed by atoms with Gasteiger partial charge in [-0.3, -0.25) is 14.7 Å². The van der Waals surface area contributed by atoms with Gasteiger partial charge in [-0.25, -0.2) is 4.98 Å². The van der Waals surface area contributed by atoms with Gasteiger partial charge in [0.15, 0.2) is 5.69 Å². The van der Waals surface area contributed by atoms with Crippen LogP contribution < -0.4 is 25.4 Å². The molecule has 1 saturated carbocycles. The number of pyridine rings is 1. The fraction of sp³-hybridized carbons (Fsp3) is 0.333. The summed E-state index contributed by atoms with van der Waals surface area (Å²) < 4.78 is 62.4. The SMILES string of the molecule is [2H]C([2H])NC1CCC(NC(=O)c2n[nH]c3cc(-c4cnc(OC)c(C(=O)NCc5ccccc5OC(F)(F)F)c4)ccc23)CC1. The third kappa shape index (κ3) is 7.05. The number of carbonyl (C=O) groups is 2. The molecule has 10 nitrogen and oxygen atoms in total. The van der Waals surface area contributed by atoms with Crippen molar-refractivity contribution in [1.29, 1.82) is 0 Å². The number of carbonyl (C=O) groups excluding carboxylic acids is 2. The van der Waals surface area contributed by atoms with Gasteiger partial charge >= 0.3 is 6.36 Å². The molecule has 13 heteroatoms. The van der Waals surface area contributed by atoms with Gasteiger partial charge in [-0.2, -0.15) is 5.10 Å². The van der Waals surface area contributed by atoms with Crippen LogP contribution >= 0.6 is 0 Å². The Bertz CT molecular complexity index is 1680. The minimum Gasteiger partial charge on any atom is -0.480 e. The van der Waals surface area contributed by atoms with Gasteiger partial charge in [-0.1, -0.05) is 24.3 Å². The average molecular weight is 599 g/mol. The fourth-order valence-electron chi connectivity index (χ4n) is 5.11. The molecule has 4 aromatic rings. The van der Waals surface area contributed by atoms with E-state index in [2.05, 4.69) is 35.9 Å². The quantitative estimate of drug-likeness (QED) is 0.219. The number of ether oxygens (including phenoxy) is 2. The highest BCUT2D eigenvalue weighted by atomic mass is 19.4. The Morgan fingerprint density at radius 1 is 1.05 bits per heavy atom. The number of para-hydroxylation sites is 1. The zero-order valence-corrected chi connectivity index (χ0v) is 23.1. The fourth-order valence-corrected chi connectivity index (χ4v) is 5.11. The maximum Gasteiger partial charge on any atom is 0.573 e. The first-order chi connectivity index (χ1) is 21.5. The Labute approximate surface area is 248 Å². The monoisotopic (exact) mass is 598 g/mol. The Morgan fingerprint density at radius 3 is 2.56 bits per heavy atom. The maximum absolute atomic E-state index is 13.1. The summed E-state index contributed by atoms with van der Waals surface area (Å²) in [4.78, 5) is 30.4. The summed E-state index contributed by atoms with van der Waals surface area (Å²) in [6, 6.07) is 12.4. The van der Waals surface area contributed by atoms with Crippen LogP contribution in [0.1, 0.15) is 54.8 Å². The lowest BCUT2D eigenvalue weighted by Gasteiger charge is -2.28. The number of halogens is 3. The van der Waals surface area contributed by atoms with Crippen LogP contribution in [0.5, 0.6) is 11.6 Å². The lowest BCUT2D eigenvalue weighted by Crippen LogP contribution is -2.41. The number of H-pyrrole nitrogens is 1. The summed E-state index contributed by atoms with van der Waals surface area (Å²) in [5.41, 5.74) is 2.26. The largest absolute Gasteiger partial charge is 0.573 e. The minimum atomic E-state index is -4.88. The number of nitrogens with one attached hydrogen (secondary N) is 4. The number of rotatable bonds is 9. The van der Waals surface area contributed by atoms with Crippen LogP contribution in [0.3, 0.4) is 0 Å². The third-order valence-electron chi connectivity index (χ3n) is 7.34. The molecule has 226 valence electrons. The Hall–Kier alpha value is -4.65. The lowest BCUT2D eigenvalue weighted by atomic mass is 9.91. The van der Waals surface area contributed by atoms with Crippen LogP contribution in [0.25, 0.3) is 22.0 Å². The van der Waals surface area contributed by atoms with Gasteiger partial charge in [0.2, 0.25) is 5.88 Å². The highest BCUT2D eigenvalue weighted by Gasteiger charge is 2.32. The molecule has 0 bridgehead atoms. The van der Waals surface area contributed by atoms with Crippen LogP contribution in [-0.2, 0) is 6.54 Å². The van der Waals surface area contributed by atoms with Gasteiger partial charge in [-0.15, -0.1) is 13.2 Å². The number of hydrogen-bond donors (Lipinski definition) is 4. The highest BCUT2D eigenvalue weighted by molar-refractivity contribution is 6.05. The summed E-state index contributed by atoms with van der Waals surface area (Å²) in [6.07, 6.45) is -0.370. The molecule has 2 aromatic heterocycles. The topological polar surface area (TPSA) is 130 Å². The molecule has 0 saturated heterocycles. The summed E-state index contributed by atoms with van der Waals surface area (Å²) in [7, 11) is 1.35. The first-order valence-electron chi connectivity index (χ1n) is 14.7. The van der Waals surface area contributed by atoms with E-state index in [0.717, 1.165) is 31.7 Å². The van der Waals surface area contributed by atoms with Crippen molar-refractivity contribution >= 4 is 22.7 Å². The smallest absolute Gasteiger partial charge is 0.480 e. The number of amides is 2. The minimum absolute atomic E-state index is 0.0293. The van der Waals surface area contributed by atoms with Crippen LogP contribution in [0.15, 0.2) is 54.7 Å². The normalized spacial score (nSPS) is 17.7. The molecule has 1 aliphatic rings. The van der Waals surface area contributed by atoms with E-state index >= 15 is 0 Å². The lowest BCUT2D eigenvalue weighted by molar-refractivity contribution is -0.274. The molecule has 0 unspecified atom stereocenters. The van der Waals surface area contributed by atoms with Gasteiger partial charge in [0, 0.05) is 44.1 Å². The van der Waals surface area contributed by atoms with Crippen molar-refractivity contribution in [3.05, 3.63) is 71.5 Å². The maximum atomic E-state index is 13.1. The number of methoxy groups -OCH3 is 1. The predicted molar refractivity (Wildman–Crippen MR) is 153 cm³/mol. The summed E-state index contributed by atoms with van der Waals surface area (Å²) in [5, 5.41) is 16.2. The molecule has 0 radical (unpaired) electrons. The van der Waals surface area contributed by atoms with Crippen molar-refractivity contribution in [2.45, 2.75) is 50.7 Å². The third-order valence-corrected chi connectivity index (χ3v) is 7.34. The number of benzene rings is 2. The van der Waals surface area contributed by atoms with E-state index in [1.54, 1.807) is 24.3 Å². The zero-order chi connectivity index (χ0) is 32.1. The van der Waals surface area contributed by atoms with E-state index in [0.29, 0.717) is 22.0 Å². The first-order valence-corrected chi connectivity index (χ1v) is 13.6. The molecule has 2 aromatic carbocycles. The van der Waals surface area contributed by atoms with Crippen LogP contribution in [-0.4, -0.2) is 59.6 Å². The van der Waals surface area contributed by atoms with Crippen molar-refractivity contribution in [2.75, 3.05) is 14.1 Å². The second-order valence-electron chi connectivity index (χ2n) is 10.1. The molecule has 0 aliphatic heterocycles. The molecule has 43 heavy (non-hydrogen) atoms. The summed E-state index contributed by atoms with van der Waals surface area (Å²) in [6.45, 7) is -1.31. The number of alkyl halides is 3. The van der Waals surface area contributed by atoms with Crippen molar-refractivity contribution in [3.63, 3.8) is 0 Å². The van der Waals surface area contributed by atoms with Crippen LogP contribution in [0, 0.1) is 0 Å². The summed E-state index contributed by atoms with van der Waals surface area (Å²) >= 11 is 0. The predicted octanol–water partition coefficient (Wildman–Crippen LogP) is 4.72.